The Bertz CT molecular complexity index is 381. The van der Waals surface area contributed by atoms with Crippen LogP contribution in [0.5, 0.6) is 0 Å². The molecular weight excluding hydrogens is 219 g/mol. The Morgan fingerprint density at radius 3 is 2.50 bits per heavy atom. The topological polar surface area (TPSA) is 43.1 Å². The van der Waals surface area contributed by atoms with Crippen molar-refractivity contribution in [2.24, 2.45) is 0 Å². The van der Waals surface area contributed by atoms with Gasteiger partial charge in [0.2, 0.25) is 0 Å². The lowest BCUT2D eigenvalue weighted by atomic mass is 10.1. The SMILES string of the molecule is Nc1ccc(Cl)cc1C(F)(F)C(=O)F. The maximum absolute atomic E-state index is 12.9. The number of nitrogen functional groups attached to an aromatic ring is 1. The summed E-state index contributed by atoms with van der Waals surface area (Å²) < 4.78 is 37.7. The molecule has 0 aliphatic rings. The molecular formula is C8H5ClF3NO. The molecule has 0 atom stereocenters. The zero-order chi connectivity index (χ0) is 10.9. The number of hydrogen-bond acceptors (Lipinski definition) is 2. The van der Waals surface area contributed by atoms with Crippen LogP contribution in [0.15, 0.2) is 18.2 Å². The number of hydrogen-bond donors (Lipinski definition) is 1. The Labute approximate surface area is 82.5 Å². The van der Waals surface area contributed by atoms with Gasteiger partial charge in [-0.05, 0) is 18.2 Å². The van der Waals surface area contributed by atoms with Crippen LogP contribution >= 0.6 is 11.6 Å². The van der Waals surface area contributed by atoms with Gasteiger partial charge in [0, 0.05) is 10.7 Å². The maximum atomic E-state index is 12.9. The fourth-order valence-corrected chi connectivity index (χ4v) is 1.08. The van der Waals surface area contributed by atoms with E-state index in [1.165, 1.54) is 6.07 Å². The largest absolute Gasteiger partial charge is 0.398 e. The highest BCUT2D eigenvalue weighted by Crippen LogP contribution is 2.35. The molecule has 0 aromatic heterocycles. The van der Waals surface area contributed by atoms with Crippen molar-refractivity contribution in [2.45, 2.75) is 5.92 Å². The molecule has 0 fully saturated rings. The molecule has 0 heterocycles. The van der Waals surface area contributed by atoms with Gasteiger partial charge in [-0.2, -0.15) is 13.2 Å². The molecule has 1 aromatic carbocycles. The number of carbonyl (C=O) groups excluding carboxylic acids is 1. The van der Waals surface area contributed by atoms with E-state index in [0.717, 1.165) is 12.1 Å². The van der Waals surface area contributed by atoms with E-state index < -0.39 is 17.5 Å². The summed E-state index contributed by atoms with van der Waals surface area (Å²) in [6.07, 6.45) is 0. The molecule has 76 valence electrons. The van der Waals surface area contributed by atoms with Gasteiger partial charge in [0.25, 0.3) is 0 Å². The highest BCUT2D eigenvalue weighted by molar-refractivity contribution is 6.30. The minimum atomic E-state index is -4.24. The normalized spacial score (nSPS) is 11.4. The number of rotatable bonds is 2. The Morgan fingerprint density at radius 1 is 1.43 bits per heavy atom. The molecule has 0 bridgehead atoms. The fourth-order valence-electron chi connectivity index (χ4n) is 0.906. The molecule has 2 nitrogen and oxygen atoms in total. The molecule has 0 amide bonds. The third-order valence-electron chi connectivity index (χ3n) is 1.60. The summed E-state index contributed by atoms with van der Waals surface area (Å²) in [7, 11) is 0. The van der Waals surface area contributed by atoms with Crippen LogP contribution in [0.3, 0.4) is 0 Å². The molecule has 0 radical (unpaired) electrons. The summed E-state index contributed by atoms with van der Waals surface area (Å²) in [6.45, 7) is 0. The van der Waals surface area contributed by atoms with Crippen LogP contribution in [0, 0.1) is 0 Å². The first-order chi connectivity index (χ1) is 6.35. The summed E-state index contributed by atoms with van der Waals surface area (Å²) in [5.74, 6) is -4.24. The van der Waals surface area contributed by atoms with Crippen LogP contribution in [0.2, 0.25) is 5.02 Å². The maximum Gasteiger partial charge on any atom is 0.375 e. The molecule has 2 N–H and O–H groups in total. The number of alkyl halides is 2. The van der Waals surface area contributed by atoms with Crippen molar-refractivity contribution in [1.29, 1.82) is 0 Å². The molecule has 6 heteroatoms. The third-order valence-corrected chi connectivity index (χ3v) is 1.84. The first-order valence-electron chi connectivity index (χ1n) is 3.49. The van der Waals surface area contributed by atoms with Gasteiger partial charge in [-0.25, -0.2) is 0 Å². The van der Waals surface area contributed by atoms with Crippen LogP contribution in [0.25, 0.3) is 0 Å². The van der Waals surface area contributed by atoms with Gasteiger partial charge in [0.1, 0.15) is 0 Å². The van der Waals surface area contributed by atoms with Crippen molar-refractivity contribution < 1.29 is 18.0 Å². The molecule has 1 aromatic rings. The first-order valence-corrected chi connectivity index (χ1v) is 3.86. The van der Waals surface area contributed by atoms with E-state index in [-0.39, 0.29) is 10.7 Å². The molecule has 0 aliphatic carbocycles. The predicted molar refractivity (Wildman–Crippen MR) is 45.9 cm³/mol. The van der Waals surface area contributed by atoms with Crippen molar-refractivity contribution in [2.75, 3.05) is 5.73 Å². The van der Waals surface area contributed by atoms with Crippen LogP contribution in [-0.2, 0) is 10.7 Å². The van der Waals surface area contributed by atoms with Crippen molar-refractivity contribution in [3.8, 4) is 0 Å². The van der Waals surface area contributed by atoms with E-state index in [1.54, 1.807) is 0 Å². The van der Waals surface area contributed by atoms with Crippen LogP contribution in [0.1, 0.15) is 5.56 Å². The number of benzene rings is 1. The lowest BCUT2D eigenvalue weighted by Gasteiger charge is -2.13. The van der Waals surface area contributed by atoms with Crippen LogP contribution in [0.4, 0.5) is 18.9 Å². The average Bonchev–Trinajstić information content (AvgIpc) is 2.08. The molecule has 0 saturated carbocycles. The number of anilines is 1. The van der Waals surface area contributed by atoms with E-state index in [9.17, 15) is 18.0 Å². The second-order valence-corrected chi connectivity index (χ2v) is 3.02. The van der Waals surface area contributed by atoms with E-state index in [4.69, 9.17) is 17.3 Å². The minimum absolute atomic E-state index is 0.0462. The molecule has 0 spiro atoms. The lowest BCUT2D eigenvalue weighted by molar-refractivity contribution is -0.156. The Morgan fingerprint density at radius 2 is 2.00 bits per heavy atom. The molecule has 0 unspecified atom stereocenters. The fraction of sp³-hybridized carbons (Fsp3) is 0.125. The second-order valence-electron chi connectivity index (χ2n) is 2.58. The van der Waals surface area contributed by atoms with Crippen LogP contribution < -0.4 is 5.73 Å². The zero-order valence-corrected chi connectivity index (χ0v) is 7.49. The highest BCUT2D eigenvalue weighted by Gasteiger charge is 2.43. The smallest absolute Gasteiger partial charge is 0.375 e. The molecule has 0 aliphatic heterocycles. The molecule has 0 saturated heterocycles. The Balaban J connectivity index is 3.31. The number of nitrogens with two attached hydrogens (primary N) is 1. The number of halogens is 4. The van der Waals surface area contributed by atoms with E-state index in [2.05, 4.69) is 0 Å². The summed E-state index contributed by atoms with van der Waals surface area (Å²) in [6, 6.07) is 0.341. The average molecular weight is 224 g/mol. The van der Waals surface area contributed by atoms with Gasteiger partial charge in [-0.1, -0.05) is 11.6 Å². The quantitative estimate of drug-likeness (QED) is 0.618. The minimum Gasteiger partial charge on any atom is -0.398 e. The summed E-state index contributed by atoms with van der Waals surface area (Å²) >= 11 is 5.40. The van der Waals surface area contributed by atoms with E-state index >= 15 is 0 Å². The predicted octanol–water partition coefficient (Wildman–Crippen LogP) is 2.51. The van der Waals surface area contributed by atoms with Gasteiger partial charge in [0.15, 0.2) is 0 Å². The lowest BCUT2D eigenvalue weighted by Crippen LogP contribution is -2.23. The van der Waals surface area contributed by atoms with E-state index in [1.807, 2.05) is 0 Å². The van der Waals surface area contributed by atoms with Gasteiger partial charge in [0.05, 0.1) is 5.56 Å². The van der Waals surface area contributed by atoms with Crippen molar-refractivity contribution in [3.05, 3.63) is 28.8 Å². The summed E-state index contributed by atoms with van der Waals surface area (Å²) in [5, 5.41) is -0.0462. The zero-order valence-electron chi connectivity index (χ0n) is 6.73. The van der Waals surface area contributed by atoms with Crippen molar-refractivity contribution in [3.63, 3.8) is 0 Å². The van der Waals surface area contributed by atoms with Gasteiger partial charge >= 0.3 is 12.0 Å². The Kier molecular flexibility index (Phi) is 2.71. The second kappa shape index (κ2) is 3.49. The molecule has 1 rings (SSSR count). The van der Waals surface area contributed by atoms with Crippen LogP contribution in [-0.4, -0.2) is 6.04 Å². The standard InChI is InChI=1S/C8H5ClF3NO/c9-4-1-2-6(13)5(3-4)8(11,12)7(10)14/h1-3H,13H2. The highest BCUT2D eigenvalue weighted by atomic mass is 35.5. The Hall–Kier alpha value is -1.23. The summed E-state index contributed by atoms with van der Waals surface area (Å²) in [4.78, 5) is 10.0. The van der Waals surface area contributed by atoms with E-state index in [0.29, 0.717) is 0 Å². The number of carbonyl (C=O) groups is 1. The monoisotopic (exact) mass is 223 g/mol. The van der Waals surface area contributed by atoms with Crippen molar-refractivity contribution in [1.82, 2.24) is 0 Å². The van der Waals surface area contributed by atoms with Gasteiger partial charge in [-0.3, -0.25) is 4.79 Å². The third kappa shape index (κ3) is 1.82. The summed E-state index contributed by atoms with van der Waals surface area (Å²) in [5.41, 5.74) is 3.85. The van der Waals surface area contributed by atoms with Crippen molar-refractivity contribution >= 4 is 23.3 Å². The van der Waals surface area contributed by atoms with Gasteiger partial charge < -0.3 is 5.73 Å². The van der Waals surface area contributed by atoms with Gasteiger partial charge in [-0.15, -0.1) is 0 Å². The molecule has 14 heavy (non-hydrogen) atoms. The first kappa shape index (κ1) is 10.8.